The number of aromatic carboxylic acids is 1. The number of amides is 1. The summed E-state index contributed by atoms with van der Waals surface area (Å²) in [6.45, 7) is 0.472. The maximum absolute atomic E-state index is 10.9. The van der Waals surface area contributed by atoms with E-state index in [4.69, 9.17) is 5.11 Å². The topological polar surface area (TPSA) is 78.4 Å². The van der Waals surface area contributed by atoms with E-state index in [1.165, 1.54) is 18.2 Å². The number of anilines is 1. The maximum atomic E-state index is 10.9. The van der Waals surface area contributed by atoms with Crippen LogP contribution in [0, 0.1) is 0 Å². The van der Waals surface area contributed by atoms with E-state index in [1.54, 1.807) is 12.1 Å². The average molecular weight is 218 g/mol. The molecule has 16 heavy (non-hydrogen) atoms. The third-order valence-electron chi connectivity index (χ3n) is 2.20. The van der Waals surface area contributed by atoms with E-state index >= 15 is 0 Å². The Morgan fingerprint density at radius 1 is 1.31 bits per heavy atom. The number of rotatable bonds is 3. The quantitative estimate of drug-likeness (QED) is 0.701. The smallest absolute Gasteiger partial charge is 0.335 e. The molecule has 0 bridgehead atoms. The summed E-state index contributed by atoms with van der Waals surface area (Å²) >= 11 is 0. The second-order valence-corrected chi connectivity index (χ2v) is 3.39. The summed E-state index contributed by atoms with van der Waals surface area (Å²) < 4.78 is 0. The highest BCUT2D eigenvalue weighted by molar-refractivity contribution is 5.92. The van der Waals surface area contributed by atoms with Crippen LogP contribution in [0.15, 0.2) is 36.0 Å². The summed E-state index contributed by atoms with van der Waals surface area (Å²) in [7, 11) is 0. The lowest BCUT2D eigenvalue weighted by Gasteiger charge is -2.06. The van der Waals surface area contributed by atoms with Crippen LogP contribution in [0.2, 0.25) is 0 Å². The van der Waals surface area contributed by atoms with Gasteiger partial charge in [0.05, 0.1) is 12.1 Å². The Bertz CT molecular complexity index is 463. The number of benzene rings is 1. The van der Waals surface area contributed by atoms with Gasteiger partial charge >= 0.3 is 5.97 Å². The minimum atomic E-state index is -0.955. The van der Waals surface area contributed by atoms with Crippen molar-refractivity contribution in [3.05, 3.63) is 41.6 Å². The number of carboxylic acid groups (broad SMARTS) is 1. The Kier molecular flexibility index (Phi) is 2.59. The Morgan fingerprint density at radius 2 is 2.00 bits per heavy atom. The number of nitrogens with one attached hydrogen (secondary N) is 2. The summed E-state index contributed by atoms with van der Waals surface area (Å²) in [5, 5.41) is 14.4. The third-order valence-corrected chi connectivity index (χ3v) is 2.20. The molecule has 3 N–H and O–H groups in total. The molecule has 0 saturated heterocycles. The molecular formula is C11H10N2O3. The zero-order valence-electron chi connectivity index (χ0n) is 8.36. The molecule has 0 radical (unpaired) electrons. The fraction of sp³-hybridized carbons (Fsp3) is 0.0909. The van der Waals surface area contributed by atoms with Crippen molar-refractivity contribution in [2.75, 3.05) is 11.9 Å². The molecule has 1 amide bonds. The van der Waals surface area contributed by atoms with Gasteiger partial charge < -0.3 is 15.7 Å². The molecule has 2 rings (SSSR count). The van der Waals surface area contributed by atoms with Gasteiger partial charge in [-0.25, -0.2) is 4.79 Å². The number of hydrogen-bond acceptors (Lipinski definition) is 3. The molecule has 0 unspecified atom stereocenters. The fourth-order valence-corrected chi connectivity index (χ4v) is 1.40. The van der Waals surface area contributed by atoms with Crippen LogP contribution in [-0.2, 0) is 4.79 Å². The van der Waals surface area contributed by atoms with Gasteiger partial charge in [0.15, 0.2) is 0 Å². The van der Waals surface area contributed by atoms with E-state index in [1.807, 2.05) is 0 Å². The molecule has 0 aromatic heterocycles. The van der Waals surface area contributed by atoms with Crippen molar-refractivity contribution < 1.29 is 14.7 Å². The van der Waals surface area contributed by atoms with Crippen LogP contribution >= 0.6 is 0 Å². The summed E-state index contributed by atoms with van der Waals surface area (Å²) in [6.07, 6.45) is 1.48. The SMILES string of the molecule is O=C1C=C(Nc2ccc(C(=O)O)cc2)CN1. The summed E-state index contributed by atoms with van der Waals surface area (Å²) in [5.74, 6) is -1.08. The molecule has 82 valence electrons. The highest BCUT2D eigenvalue weighted by atomic mass is 16.4. The lowest BCUT2D eigenvalue weighted by molar-refractivity contribution is -0.115. The van der Waals surface area contributed by atoms with E-state index in [0.29, 0.717) is 6.54 Å². The lowest BCUT2D eigenvalue weighted by atomic mass is 10.2. The largest absolute Gasteiger partial charge is 0.478 e. The number of carbonyl (C=O) groups is 2. The van der Waals surface area contributed by atoms with Gasteiger partial charge in [-0.1, -0.05) is 0 Å². The van der Waals surface area contributed by atoms with Crippen molar-refractivity contribution in [1.82, 2.24) is 5.32 Å². The predicted molar refractivity (Wildman–Crippen MR) is 58.1 cm³/mol. The first-order valence-corrected chi connectivity index (χ1v) is 4.74. The Labute approximate surface area is 91.8 Å². The minimum absolute atomic E-state index is 0.121. The van der Waals surface area contributed by atoms with Crippen molar-refractivity contribution in [1.29, 1.82) is 0 Å². The van der Waals surface area contributed by atoms with Gasteiger partial charge in [-0.3, -0.25) is 4.79 Å². The minimum Gasteiger partial charge on any atom is -0.478 e. The van der Waals surface area contributed by atoms with Crippen molar-refractivity contribution in [2.45, 2.75) is 0 Å². The van der Waals surface area contributed by atoms with Gasteiger partial charge in [0.2, 0.25) is 5.91 Å². The van der Waals surface area contributed by atoms with Gasteiger partial charge in [0.25, 0.3) is 0 Å². The molecule has 0 atom stereocenters. The average Bonchev–Trinajstić information content (AvgIpc) is 2.65. The van der Waals surface area contributed by atoms with Crippen molar-refractivity contribution in [3.8, 4) is 0 Å². The summed E-state index contributed by atoms with van der Waals surface area (Å²) in [6, 6.07) is 6.34. The Morgan fingerprint density at radius 3 is 2.50 bits per heavy atom. The van der Waals surface area contributed by atoms with Crippen LogP contribution in [0.1, 0.15) is 10.4 Å². The summed E-state index contributed by atoms with van der Waals surface area (Å²) in [5.41, 5.74) is 1.76. The van der Waals surface area contributed by atoms with Gasteiger partial charge in [0, 0.05) is 17.5 Å². The van der Waals surface area contributed by atoms with E-state index in [-0.39, 0.29) is 11.5 Å². The van der Waals surface area contributed by atoms with Gasteiger partial charge in [-0.15, -0.1) is 0 Å². The molecular weight excluding hydrogens is 208 g/mol. The fourth-order valence-electron chi connectivity index (χ4n) is 1.40. The van der Waals surface area contributed by atoms with Gasteiger partial charge in [-0.2, -0.15) is 0 Å². The number of carbonyl (C=O) groups excluding carboxylic acids is 1. The van der Waals surface area contributed by atoms with Crippen LogP contribution in [0.4, 0.5) is 5.69 Å². The number of hydrogen-bond donors (Lipinski definition) is 3. The van der Waals surface area contributed by atoms with E-state index in [9.17, 15) is 9.59 Å². The molecule has 1 aromatic carbocycles. The highest BCUT2D eigenvalue weighted by Gasteiger charge is 2.10. The second-order valence-electron chi connectivity index (χ2n) is 3.39. The normalized spacial score (nSPS) is 14.2. The highest BCUT2D eigenvalue weighted by Crippen LogP contribution is 2.13. The monoisotopic (exact) mass is 218 g/mol. The summed E-state index contributed by atoms with van der Waals surface area (Å²) in [4.78, 5) is 21.5. The Hall–Kier alpha value is -2.30. The first-order chi connectivity index (χ1) is 7.65. The number of carboxylic acids is 1. The molecule has 0 saturated carbocycles. The van der Waals surface area contributed by atoms with Crippen LogP contribution in [0.25, 0.3) is 0 Å². The molecule has 0 fully saturated rings. The first-order valence-electron chi connectivity index (χ1n) is 4.74. The molecule has 0 spiro atoms. The molecule has 1 aliphatic rings. The predicted octanol–water partition coefficient (Wildman–Crippen LogP) is 0.810. The van der Waals surface area contributed by atoms with E-state index in [0.717, 1.165) is 11.4 Å². The van der Waals surface area contributed by atoms with Crippen molar-refractivity contribution >= 4 is 17.6 Å². The van der Waals surface area contributed by atoms with Gasteiger partial charge in [-0.05, 0) is 24.3 Å². The molecule has 5 heteroatoms. The van der Waals surface area contributed by atoms with E-state index < -0.39 is 5.97 Å². The van der Waals surface area contributed by atoms with E-state index in [2.05, 4.69) is 10.6 Å². The first kappa shape index (κ1) is 10.2. The Balaban J connectivity index is 2.08. The molecule has 0 aliphatic carbocycles. The zero-order chi connectivity index (χ0) is 11.5. The third kappa shape index (κ3) is 2.20. The van der Waals surface area contributed by atoms with Crippen LogP contribution in [0.3, 0.4) is 0 Å². The second kappa shape index (κ2) is 4.06. The van der Waals surface area contributed by atoms with Crippen LogP contribution in [-0.4, -0.2) is 23.5 Å². The van der Waals surface area contributed by atoms with Crippen molar-refractivity contribution in [3.63, 3.8) is 0 Å². The zero-order valence-corrected chi connectivity index (χ0v) is 8.36. The van der Waals surface area contributed by atoms with Crippen LogP contribution < -0.4 is 10.6 Å². The lowest BCUT2D eigenvalue weighted by Crippen LogP contribution is -2.16. The molecule has 5 nitrogen and oxygen atoms in total. The molecule has 1 aliphatic heterocycles. The van der Waals surface area contributed by atoms with Gasteiger partial charge in [0.1, 0.15) is 0 Å². The standard InChI is InChI=1S/C11H10N2O3/c14-10-5-9(6-12-10)13-8-3-1-7(2-4-8)11(15)16/h1-5,13H,6H2,(H,12,14)(H,15,16). The van der Waals surface area contributed by atoms with Crippen LogP contribution in [0.5, 0.6) is 0 Å². The molecule has 1 aromatic rings. The van der Waals surface area contributed by atoms with Crippen molar-refractivity contribution in [2.24, 2.45) is 0 Å². The molecule has 1 heterocycles. The maximum Gasteiger partial charge on any atom is 0.335 e.